The zero-order valence-electron chi connectivity index (χ0n) is 17.1. The van der Waals surface area contributed by atoms with Gasteiger partial charge in [0.2, 0.25) is 0 Å². The Kier molecular flexibility index (Phi) is 5.95. The molecule has 8 nitrogen and oxygen atoms in total. The largest absolute Gasteiger partial charge is 0.456 e. The van der Waals surface area contributed by atoms with Crippen molar-refractivity contribution in [2.24, 2.45) is 0 Å². The average molecular weight is 470 g/mol. The molecule has 0 aliphatic rings. The van der Waals surface area contributed by atoms with E-state index in [1.165, 1.54) is 30.3 Å². The summed E-state index contributed by atoms with van der Waals surface area (Å²) in [6.45, 7) is 5.99. The molecular formula is C22H14F4N6O2. The predicted octanol–water partition coefficient (Wildman–Crippen LogP) is 4.37. The van der Waals surface area contributed by atoms with Crippen LogP contribution >= 0.6 is 0 Å². The van der Waals surface area contributed by atoms with Gasteiger partial charge in [-0.05, 0) is 46.8 Å². The normalized spacial score (nSPS) is 13.2. The topological polar surface area (TPSA) is 90.3 Å². The van der Waals surface area contributed by atoms with Crippen LogP contribution in [-0.2, 0) is 18.1 Å². The summed E-state index contributed by atoms with van der Waals surface area (Å²) >= 11 is 0. The molecule has 0 radical (unpaired) electrons. The lowest BCUT2D eigenvalue weighted by Gasteiger charge is -2.35. The van der Waals surface area contributed by atoms with Gasteiger partial charge in [0, 0.05) is 11.6 Å². The molecule has 0 aliphatic carbocycles. The zero-order valence-corrected chi connectivity index (χ0v) is 17.1. The van der Waals surface area contributed by atoms with Gasteiger partial charge in [0.15, 0.2) is 11.3 Å². The van der Waals surface area contributed by atoms with E-state index in [-0.39, 0.29) is 5.75 Å². The highest BCUT2D eigenvalue weighted by molar-refractivity contribution is 5.47. The van der Waals surface area contributed by atoms with Crippen LogP contribution in [0.2, 0.25) is 0 Å². The number of alkyl halides is 2. The number of nitrogens with zero attached hydrogens (tertiary/aromatic N) is 6. The van der Waals surface area contributed by atoms with Gasteiger partial charge in [-0.2, -0.15) is 8.78 Å². The summed E-state index contributed by atoms with van der Waals surface area (Å²) in [7, 11) is 0. The molecule has 0 saturated heterocycles. The van der Waals surface area contributed by atoms with Crippen LogP contribution in [0.5, 0.6) is 11.5 Å². The van der Waals surface area contributed by atoms with Gasteiger partial charge in [-0.1, -0.05) is 12.1 Å². The zero-order chi connectivity index (χ0) is 24.3. The van der Waals surface area contributed by atoms with Crippen molar-refractivity contribution in [2.45, 2.75) is 18.1 Å². The first-order chi connectivity index (χ1) is 16.2. The second kappa shape index (κ2) is 8.87. The lowest BCUT2D eigenvalue weighted by Crippen LogP contribution is -2.48. The first-order valence-electron chi connectivity index (χ1n) is 9.61. The highest BCUT2D eigenvalue weighted by atomic mass is 19.3. The Morgan fingerprint density at radius 2 is 1.76 bits per heavy atom. The molecule has 1 atom stereocenters. The fourth-order valence-electron chi connectivity index (χ4n) is 3.23. The van der Waals surface area contributed by atoms with Gasteiger partial charge >= 0.3 is 5.92 Å². The molecule has 1 N–H and O–H groups in total. The molecule has 0 aliphatic heterocycles. The third kappa shape index (κ3) is 4.28. The summed E-state index contributed by atoms with van der Waals surface area (Å²) in [6, 6.07) is 10.1. The number of aromatic nitrogens is 5. The maximum absolute atomic E-state index is 15.7. The van der Waals surface area contributed by atoms with E-state index in [1.807, 2.05) is 0 Å². The van der Waals surface area contributed by atoms with Crippen molar-refractivity contribution in [3.8, 4) is 11.5 Å². The van der Waals surface area contributed by atoms with Gasteiger partial charge in [0.05, 0.1) is 19.3 Å². The minimum Gasteiger partial charge on any atom is -0.456 e. The molecule has 172 valence electrons. The molecule has 2 aromatic heterocycles. The van der Waals surface area contributed by atoms with Crippen LogP contribution in [0.4, 0.5) is 23.2 Å². The van der Waals surface area contributed by atoms with Crippen LogP contribution in [-0.4, -0.2) is 30.3 Å². The Bertz CT molecular complexity index is 1330. The molecule has 4 aromatic rings. The van der Waals surface area contributed by atoms with E-state index in [4.69, 9.17) is 11.3 Å². The van der Waals surface area contributed by atoms with Gasteiger partial charge < -0.3 is 9.84 Å². The summed E-state index contributed by atoms with van der Waals surface area (Å²) < 4.78 is 65.6. The quantitative estimate of drug-likeness (QED) is 0.319. The summed E-state index contributed by atoms with van der Waals surface area (Å²) in [6.07, 6.45) is 1.97. The number of benzene rings is 2. The number of halogens is 4. The first kappa shape index (κ1) is 22.8. The lowest BCUT2D eigenvalue weighted by molar-refractivity contribution is -0.207. The minimum absolute atomic E-state index is 0.104. The fraction of sp³-hybridized carbons (Fsp3) is 0.136. The smallest absolute Gasteiger partial charge is 0.323 e. The number of aliphatic hydroxyl groups is 1. The van der Waals surface area contributed by atoms with E-state index < -0.39 is 41.0 Å². The van der Waals surface area contributed by atoms with Gasteiger partial charge in [0.1, 0.15) is 35.2 Å². The summed E-state index contributed by atoms with van der Waals surface area (Å²) in [5.41, 5.74) is -4.60. The lowest BCUT2D eigenvalue weighted by atomic mass is 9.84. The molecule has 34 heavy (non-hydrogen) atoms. The molecule has 1 unspecified atom stereocenters. The minimum atomic E-state index is -4.17. The number of hydrogen-bond donors (Lipinski definition) is 1. The number of tetrazole rings is 1. The maximum atomic E-state index is 15.7. The summed E-state index contributed by atoms with van der Waals surface area (Å²) in [5, 5.41) is 21.3. The number of ether oxygens (including phenoxy) is 1. The van der Waals surface area contributed by atoms with E-state index in [9.17, 15) is 13.9 Å². The predicted molar refractivity (Wildman–Crippen MR) is 109 cm³/mol. The second-order valence-electron chi connectivity index (χ2n) is 7.15. The number of hydrogen-bond acceptors (Lipinski definition) is 6. The third-order valence-corrected chi connectivity index (χ3v) is 4.94. The van der Waals surface area contributed by atoms with E-state index in [0.29, 0.717) is 17.5 Å². The van der Waals surface area contributed by atoms with Crippen molar-refractivity contribution in [1.82, 2.24) is 25.2 Å². The van der Waals surface area contributed by atoms with E-state index >= 15 is 8.78 Å². The summed E-state index contributed by atoms with van der Waals surface area (Å²) in [5.74, 6) is -6.10. The fourth-order valence-corrected chi connectivity index (χ4v) is 3.23. The van der Waals surface area contributed by atoms with Crippen molar-refractivity contribution in [3.05, 3.63) is 101 Å². The summed E-state index contributed by atoms with van der Waals surface area (Å²) in [4.78, 5) is 6.96. The molecule has 2 heterocycles. The Hall–Kier alpha value is -4.37. The Labute approximate surface area is 189 Å². The SMILES string of the molecule is [C-]#[N+]c1ccc(Oc2ccc(C(F)(F)C(O)(Cn3cnnn3)c3ccc(F)cc3F)nc2)cc1. The second-order valence-corrected chi connectivity index (χ2v) is 7.15. The van der Waals surface area contributed by atoms with Crippen LogP contribution in [0.1, 0.15) is 11.3 Å². The molecule has 2 aromatic carbocycles. The Morgan fingerprint density at radius 1 is 1.03 bits per heavy atom. The van der Waals surface area contributed by atoms with Crippen molar-refractivity contribution in [2.75, 3.05) is 0 Å². The Balaban J connectivity index is 1.68. The molecule has 0 bridgehead atoms. The molecule has 0 fully saturated rings. The standard InChI is InChI=1S/C22H14F4N6O2/c1-27-15-3-5-16(6-4-15)34-17-7-9-20(28-11-17)22(25,26)21(33,12-32-13-29-30-31-32)18-8-2-14(23)10-19(18)24/h2-11,13,33H,12H2. The van der Waals surface area contributed by atoms with Crippen molar-refractivity contribution >= 4 is 5.69 Å². The van der Waals surface area contributed by atoms with Crippen LogP contribution in [0.15, 0.2) is 67.1 Å². The van der Waals surface area contributed by atoms with Gasteiger partial charge in [-0.15, -0.1) is 5.10 Å². The van der Waals surface area contributed by atoms with E-state index in [2.05, 4.69) is 25.4 Å². The first-order valence-corrected chi connectivity index (χ1v) is 9.61. The monoisotopic (exact) mass is 470 g/mol. The van der Waals surface area contributed by atoms with Crippen LogP contribution in [0.25, 0.3) is 4.85 Å². The highest BCUT2D eigenvalue weighted by Gasteiger charge is 2.58. The van der Waals surface area contributed by atoms with Crippen LogP contribution < -0.4 is 4.74 Å². The Morgan fingerprint density at radius 3 is 2.35 bits per heavy atom. The molecule has 0 amide bonds. The molecule has 0 saturated carbocycles. The van der Waals surface area contributed by atoms with Crippen molar-refractivity contribution < 1.29 is 27.4 Å². The molecule has 0 spiro atoms. The van der Waals surface area contributed by atoms with Crippen molar-refractivity contribution in [3.63, 3.8) is 0 Å². The molecular weight excluding hydrogens is 456 g/mol. The van der Waals surface area contributed by atoms with Gasteiger partial charge in [0.25, 0.3) is 0 Å². The van der Waals surface area contributed by atoms with Gasteiger partial charge in [-0.25, -0.2) is 18.3 Å². The average Bonchev–Trinajstić information content (AvgIpc) is 3.32. The highest BCUT2D eigenvalue weighted by Crippen LogP contribution is 2.46. The van der Waals surface area contributed by atoms with Crippen LogP contribution in [0.3, 0.4) is 0 Å². The van der Waals surface area contributed by atoms with E-state index in [0.717, 1.165) is 35.4 Å². The molecule has 4 rings (SSSR count). The van der Waals surface area contributed by atoms with E-state index in [1.54, 1.807) is 0 Å². The number of pyridine rings is 1. The van der Waals surface area contributed by atoms with Crippen LogP contribution in [0, 0.1) is 18.2 Å². The molecule has 12 heteroatoms. The third-order valence-electron chi connectivity index (χ3n) is 4.94. The van der Waals surface area contributed by atoms with Crippen molar-refractivity contribution in [1.29, 1.82) is 0 Å². The maximum Gasteiger partial charge on any atom is 0.323 e. The number of rotatable bonds is 7. The van der Waals surface area contributed by atoms with Gasteiger partial charge in [-0.3, -0.25) is 4.98 Å².